The topological polar surface area (TPSA) is 75.4 Å². The van der Waals surface area contributed by atoms with Crippen LogP contribution in [0.5, 0.6) is 0 Å². The van der Waals surface area contributed by atoms with Crippen LogP contribution in [0.2, 0.25) is 5.02 Å². The lowest BCUT2D eigenvalue weighted by Gasteiger charge is -2.29. The number of halogens is 2. The highest BCUT2D eigenvalue weighted by Gasteiger charge is 2.21. The predicted octanol–water partition coefficient (Wildman–Crippen LogP) is 3.17. The second-order valence-corrected chi connectivity index (χ2v) is 6.01. The molecule has 3 N–H and O–H groups in total. The molecule has 1 heterocycles. The van der Waals surface area contributed by atoms with Crippen LogP contribution in [0.25, 0.3) is 0 Å². The van der Waals surface area contributed by atoms with E-state index in [2.05, 4.69) is 5.32 Å². The molecule has 124 valence electrons. The van der Waals surface area contributed by atoms with Gasteiger partial charge >= 0.3 is 6.03 Å². The Kier molecular flexibility index (Phi) is 4.40. The van der Waals surface area contributed by atoms with E-state index in [-0.39, 0.29) is 11.6 Å². The zero-order chi connectivity index (χ0) is 17.3. The quantitative estimate of drug-likeness (QED) is 0.875. The third-order valence-corrected chi connectivity index (χ3v) is 4.19. The number of hydrogen-bond donors (Lipinski definition) is 2. The first-order valence-electron chi connectivity index (χ1n) is 7.36. The Morgan fingerprint density at radius 3 is 2.71 bits per heavy atom. The molecular weight excluding hydrogens is 333 g/mol. The average Bonchev–Trinajstić information content (AvgIpc) is 2.55. The Balaban J connectivity index is 1.74. The molecule has 1 aliphatic heterocycles. The molecular formula is C17H15ClFN3O2. The number of amides is 3. The van der Waals surface area contributed by atoms with Gasteiger partial charge in [0.05, 0.1) is 5.56 Å². The molecule has 0 radical (unpaired) electrons. The van der Waals surface area contributed by atoms with Crippen LogP contribution in [0, 0.1) is 5.82 Å². The zero-order valence-corrected chi connectivity index (χ0v) is 13.4. The third-order valence-electron chi connectivity index (χ3n) is 3.95. The van der Waals surface area contributed by atoms with E-state index in [1.165, 1.54) is 17.7 Å². The summed E-state index contributed by atoms with van der Waals surface area (Å²) in [5, 5.41) is 3.28. The van der Waals surface area contributed by atoms with Crippen LogP contribution >= 0.6 is 11.6 Å². The monoisotopic (exact) mass is 347 g/mol. The molecule has 0 atom stereocenters. The van der Waals surface area contributed by atoms with E-state index in [0.717, 1.165) is 18.1 Å². The van der Waals surface area contributed by atoms with Crippen molar-refractivity contribution >= 4 is 29.2 Å². The molecule has 0 unspecified atom stereocenters. The van der Waals surface area contributed by atoms with Crippen molar-refractivity contribution in [2.45, 2.75) is 13.0 Å². The van der Waals surface area contributed by atoms with Crippen molar-refractivity contribution in [2.75, 3.05) is 11.9 Å². The second-order valence-electron chi connectivity index (χ2n) is 5.57. The smallest absolute Gasteiger partial charge is 0.322 e. The molecule has 0 bridgehead atoms. The van der Waals surface area contributed by atoms with Gasteiger partial charge in [0.25, 0.3) is 5.91 Å². The summed E-state index contributed by atoms with van der Waals surface area (Å²) in [6.45, 7) is 0.996. The van der Waals surface area contributed by atoms with Gasteiger partial charge in [0.1, 0.15) is 5.82 Å². The van der Waals surface area contributed by atoms with Gasteiger partial charge in [-0.2, -0.15) is 0 Å². The second kappa shape index (κ2) is 6.49. The highest BCUT2D eigenvalue weighted by atomic mass is 35.5. The largest absolute Gasteiger partial charge is 0.366 e. The molecule has 1 aliphatic rings. The molecule has 2 aromatic rings. The van der Waals surface area contributed by atoms with Gasteiger partial charge in [0.15, 0.2) is 0 Å². The molecule has 2 aromatic carbocycles. The molecule has 3 rings (SSSR count). The van der Waals surface area contributed by atoms with Gasteiger partial charge in [0.2, 0.25) is 0 Å². The van der Waals surface area contributed by atoms with Crippen LogP contribution in [-0.4, -0.2) is 23.4 Å². The normalized spacial score (nSPS) is 13.3. The molecule has 0 aromatic heterocycles. The molecule has 0 aliphatic carbocycles. The van der Waals surface area contributed by atoms with Crippen molar-refractivity contribution in [1.29, 1.82) is 0 Å². The lowest BCUT2D eigenvalue weighted by atomic mass is 10.0. The molecule has 0 fully saturated rings. The Bertz CT molecular complexity index is 825. The maximum absolute atomic E-state index is 13.5. The van der Waals surface area contributed by atoms with E-state index in [1.807, 2.05) is 18.2 Å². The number of carbonyl (C=O) groups excluding carboxylic acids is 2. The molecule has 0 spiro atoms. The van der Waals surface area contributed by atoms with E-state index in [9.17, 15) is 14.0 Å². The summed E-state index contributed by atoms with van der Waals surface area (Å²) in [5.41, 5.74) is 7.33. The summed E-state index contributed by atoms with van der Waals surface area (Å²) in [6.07, 6.45) is 0.732. The molecule has 7 heteroatoms. The van der Waals surface area contributed by atoms with Gasteiger partial charge in [-0.3, -0.25) is 4.79 Å². The molecule has 3 amide bonds. The fraction of sp³-hybridized carbons (Fsp3) is 0.176. The molecule has 0 saturated carbocycles. The van der Waals surface area contributed by atoms with Crippen molar-refractivity contribution in [3.63, 3.8) is 0 Å². The van der Waals surface area contributed by atoms with E-state index >= 15 is 0 Å². The summed E-state index contributed by atoms with van der Waals surface area (Å²) in [5.74, 6) is -1.60. The minimum atomic E-state index is -0.884. The first-order chi connectivity index (χ1) is 11.4. The standard InChI is InChI=1S/C17H15ClFN3O2/c18-12-2-1-10-5-6-22(9-11(10)7-12)17(24)21-13-3-4-15(19)14(8-13)16(20)23/h1-4,7-8H,5-6,9H2,(H2,20,23)(H,21,24). The van der Waals surface area contributed by atoms with Gasteiger partial charge in [-0.15, -0.1) is 0 Å². The highest BCUT2D eigenvalue weighted by molar-refractivity contribution is 6.30. The van der Waals surface area contributed by atoms with Crippen LogP contribution in [0.1, 0.15) is 21.5 Å². The maximum atomic E-state index is 13.5. The van der Waals surface area contributed by atoms with E-state index in [1.54, 1.807) is 4.90 Å². The molecule has 5 nitrogen and oxygen atoms in total. The van der Waals surface area contributed by atoms with Crippen molar-refractivity contribution in [3.05, 3.63) is 63.9 Å². The summed E-state index contributed by atoms with van der Waals surface area (Å²) in [4.78, 5) is 25.2. The van der Waals surface area contributed by atoms with E-state index < -0.39 is 11.7 Å². The van der Waals surface area contributed by atoms with E-state index in [0.29, 0.717) is 23.8 Å². The lowest BCUT2D eigenvalue weighted by Crippen LogP contribution is -2.38. The SMILES string of the molecule is NC(=O)c1cc(NC(=O)N2CCc3ccc(Cl)cc3C2)ccc1F. The molecule has 0 saturated heterocycles. The van der Waals surface area contributed by atoms with Gasteiger partial charge in [-0.25, -0.2) is 9.18 Å². The number of nitrogens with two attached hydrogens (primary N) is 1. The third kappa shape index (κ3) is 3.33. The van der Waals surface area contributed by atoms with Crippen molar-refractivity contribution < 1.29 is 14.0 Å². The number of rotatable bonds is 2. The van der Waals surface area contributed by atoms with Crippen LogP contribution in [0.15, 0.2) is 36.4 Å². The fourth-order valence-corrected chi connectivity index (χ4v) is 2.89. The zero-order valence-electron chi connectivity index (χ0n) is 12.7. The van der Waals surface area contributed by atoms with Gasteiger partial charge in [-0.1, -0.05) is 17.7 Å². The van der Waals surface area contributed by atoms with Crippen LogP contribution < -0.4 is 11.1 Å². The average molecular weight is 348 g/mol. The lowest BCUT2D eigenvalue weighted by molar-refractivity contribution is 0.0996. The van der Waals surface area contributed by atoms with Gasteiger partial charge in [-0.05, 0) is 47.9 Å². The van der Waals surface area contributed by atoms with Gasteiger partial charge in [0, 0.05) is 23.8 Å². The Morgan fingerprint density at radius 1 is 1.17 bits per heavy atom. The number of urea groups is 1. The van der Waals surface area contributed by atoms with Crippen molar-refractivity contribution in [2.24, 2.45) is 5.73 Å². The number of carbonyl (C=O) groups is 2. The number of benzene rings is 2. The summed E-state index contributed by atoms with van der Waals surface area (Å²) in [7, 11) is 0. The number of primary amides is 1. The first kappa shape index (κ1) is 16.3. The van der Waals surface area contributed by atoms with Crippen LogP contribution in [0.4, 0.5) is 14.9 Å². The Labute approximate surface area is 143 Å². The number of nitrogens with one attached hydrogen (secondary N) is 1. The highest BCUT2D eigenvalue weighted by Crippen LogP contribution is 2.23. The van der Waals surface area contributed by atoms with E-state index in [4.69, 9.17) is 17.3 Å². The Hall–Kier alpha value is -2.60. The summed E-state index contributed by atoms with van der Waals surface area (Å²) in [6, 6.07) is 9.02. The summed E-state index contributed by atoms with van der Waals surface area (Å²) >= 11 is 6.00. The van der Waals surface area contributed by atoms with Gasteiger partial charge < -0.3 is 16.0 Å². The number of hydrogen-bond acceptors (Lipinski definition) is 2. The first-order valence-corrected chi connectivity index (χ1v) is 7.74. The number of fused-ring (bicyclic) bond motifs is 1. The predicted molar refractivity (Wildman–Crippen MR) is 89.5 cm³/mol. The minimum Gasteiger partial charge on any atom is -0.366 e. The van der Waals surface area contributed by atoms with Crippen LogP contribution in [-0.2, 0) is 13.0 Å². The fourth-order valence-electron chi connectivity index (χ4n) is 2.69. The van der Waals surface area contributed by atoms with Crippen molar-refractivity contribution in [3.8, 4) is 0 Å². The Morgan fingerprint density at radius 2 is 1.96 bits per heavy atom. The maximum Gasteiger partial charge on any atom is 0.322 e. The minimum absolute atomic E-state index is 0.261. The number of nitrogens with zero attached hydrogens (tertiary/aromatic N) is 1. The number of anilines is 1. The molecule has 24 heavy (non-hydrogen) atoms. The van der Waals surface area contributed by atoms with Crippen LogP contribution in [0.3, 0.4) is 0 Å². The summed E-state index contributed by atoms with van der Waals surface area (Å²) < 4.78 is 13.5. The van der Waals surface area contributed by atoms with Crippen molar-refractivity contribution in [1.82, 2.24) is 4.90 Å².